The van der Waals surface area contributed by atoms with Gasteiger partial charge in [0.2, 0.25) is 5.91 Å². The van der Waals surface area contributed by atoms with Gasteiger partial charge in [0.1, 0.15) is 12.4 Å². The number of piperazine rings is 1. The molecule has 1 N–H and O–H groups in total. The third-order valence-corrected chi connectivity index (χ3v) is 5.50. The number of hydrogen-bond acceptors (Lipinski definition) is 5. The minimum absolute atomic E-state index is 0.216. The highest BCUT2D eigenvalue weighted by Crippen LogP contribution is 2.22. The van der Waals surface area contributed by atoms with Crippen molar-refractivity contribution in [2.24, 2.45) is 0 Å². The average Bonchev–Trinajstić information content (AvgIpc) is 3.00. The molecule has 0 saturated carbocycles. The first-order valence-electron chi connectivity index (χ1n) is 9.98. The highest BCUT2D eigenvalue weighted by Gasteiger charge is 2.36. The third kappa shape index (κ3) is 4.04. The van der Waals surface area contributed by atoms with E-state index in [2.05, 4.69) is 10.2 Å². The first-order valence-corrected chi connectivity index (χ1v) is 9.98. The van der Waals surface area contributed by atoms with Gasteiger partial charge in [-0.05, 0) is 24.3 Å². The summed E-state index contributed by atoms with van der Waals surface area (Å²) >= 11 is 0. The molecule has 8 heteroatoms. The second kappa shape index (κ2) is 8.62. The zero-order chi connectivity index (χ0) is 21.1. The highest BCUT2D eigenvalue weighted by molar-refractivity contribution is 6.22. The molecule has 2 aromatic carbocycles. The Bertz CT molecular complexity index is 937. The fourth-order valence-electron chi connectivity index (χ4n) is 3.86. The highest BCUT2D eigenvalue weighted by atomic mass is 19.1. The van der Waals surface area contributed by atoms with Gasteiger partial charge in [0.25, 0.3) is 11.8 Å². The Hall–Kier alpha value is -3.26. The zero-order valence-corrected chi connectivity index (χ0v) is 16.5. The first-order chi connectivity index (χ1) is 14.5. The van der Waals surface area contributed by atoms with Crippen LogP contribution in [0.25, 0.3) is 0 Å². The van der Waals surface area contributed by atoms with E-state index in [4.69, 9.17) is 0 Å². The molecule has 2 heterocycles. The maximum Gasteiger partial charge on any atom is 0.262 e. The number of nitrogens with zero attached hydrogens (tertiary/aromatic N) is 3. The number of rotatable bonds is 6. The van der Waals surface area contributed by atoms with Crippen molar-refractivity contribution >= 4 is 23.4 Å². The Kier molecular flexibility index (Phi) is 5.76. The summed E-state index contributed by atoms with van der Waals surface area (Å²) in [4.78, 5) is 42.1. The molecule has 0 aromatic heterocycles. The smallest absolute Gasteiger partial charge is 0.262 e. The molecule has 3 amide bonds. The van der Waals surface area contributed by atoms with Gasteiger partial charge in [0.15, 0.2) is 0 Å². The lowest BCUT2D eigenvalue weighted by Gasteiger charge is -2.36. The van der Waals surface area contributed by atoms with Crippen LogP contribution in [0.2, 0.25) is 0 Å². The molecule has 2 aliphatic rings. The van der Waals surface area contributed by atoms with Crippen LogP contribution in [0.4, 0.5) is 10.1 Å². The number of benzene rings is 2. The molecule has 2 aliphatic heterocycles. The van der Waals surface area contributed by atoms with Crippen molar-refractivity contribution < 1.29 is 18.8 Å². The Morgan fingerprint density at radius 2 is 1.50 bits per heavy atom. The summed E-state index contributed by atoms with van der Waals surface area (Å²) in [5, 5.41) is 2.78. The fourth-order valence-corrected chi connectivity index (χ4v) is 3.86. The number of anilines is 1. The monoisotopic (exact) mass is 410 g/mol. The van der Waals surface area contributed by atoms with Crippen LogP contribution in [0.1, 0.15) is 20.7 Å². The van der Waals surface area contributed by atoms with Crippen LogP contribution in [-0.4, -0.2) is 73.3 Å². The van der Waals surface area contributed by atoms with Crippen molar-refractivity contribution in [3.8, 4) is 0 Å². The lowest BCUT2D eigenvalue weighted by Crippen LogP contribution is -2.49. The number of amides is 3. The molecule has 0 atom stereocenters. The third-order valence-electron chi connectivity index (χ3n) is 5.50. The van der Waals surface area contributed by atoms with Gasteiger partial charge in [-0.25, -0.2) is 4.39 Å². The number of imide groups is 1. The predicted octanol–water partition coefficient (Wildman–Crippen LogP) is 1.36. The lowest BCUT2D eigenvalue weighted by molar-refractivity contribution is -0.121. The molecule has 4 rings (SSSR count). The van der Waals surface area contributed by atoms with Crippen LogP contribution in [0.5, 0.6) is 0 Å². The normalized spacial score (nSPS) is 16.7. The Labute approximate surface area is 174 Å². The van der Waals surface area contributed by atoms with Crippen molar-refractivity contribution in [3.63, 3.8) is 0 Å². The largest absolute Gasteiger partial charge is 0.367 e. The van der Waals surface area contributed by atoms with Gasteiger partial charge >= 0.3 is 0 Å². The van der Waals surface area contributed by atoms with Gasteiger partial charge < -0.3 is 10.2 Å². The van der Waals surface area contributed by atoms with Gasteiger partial charge in [0.05, 0.1) is 16.8 Å². The number of hydrogen-bond donors (Lipinski definition) is 1. The molecule has 0 unspecified atom stereocenters. The quantitative estimate of drug-likeness (QED) is 0.728. The number of para-hydroxylation sites is 1. The van der Waals surface area contributed by atoms with Crippen molar-refractivity contribution in [2.75, 3.05) is 50.7 Å². The zero-order valence-electron chi connectivity index (χ0n) is 16.5. The Morgan fingerprint density at radius 1 is 0.900 bits per heavy atom. The number of fused-ring (bicyclic) bond motifs is 1. The molecular formula is C22H23FN4O3. The maximum atomic E-state index is 13.9. The number of carbonyl (C=O) groups excluding carboxylic acids is 3. The molecule has 1 saturated heterocycles. The summed E-state index contributed by atoms with van der Waals surface area (Å²) < 4.78 is 13.9. The lowest BCUT2D eigenvalue weighted by atomic mass is 10.1. The van der Waals surface area contributed by atoms with Crippen LogP contribution >= 0.6 is 0 Å². The number of halogens is 1. The summed E-state index contributed by atoms with van der Waals surface area (Å²) in [5.74, 6) is -1.45. The van der Waals surface area contributed by atoms with Crippen molar-refractivity contribution in [1.82, 2.24) is 15.1 Å². The van der Waals surface area contributed by atoms with E-state index in [1.807, 2.05) is 11.0 Å². The summed E-state index contributed by atoms with van der Waals surface area (Å²) in [6, 6.07) is 13.3. The van der Waals surface area contributed by atoms with Crippen LogP contribution in [0.15, 0.2) is 48.5 Å². The first kappa shape index (κ1) is 20.0. The minimum atomic E-state index is -0.435. The maximum absolute atomic E-state index is 13.9. The minimum Gasteiger partial charge on any atom is -0.367 e. The average molecular weight is 410 g/mol. The Morgan fingerprint density at radius 3 is 2.13 bits per heavy atom. The van der Waals surface area contributed by atoms with E-state index in [0.717, 1.165) is 18.0 Å². The summed E-state index contributed by atoms with van der Waals surface area (Å²) in [6.45, 7) is 3.74. The van der Waals surface area contributed by atoms with E-state index in [1.54, 1.807) is 36.4 Å². The van der Waals surface area contributed by atoms with E-state index in [0.29, 0.717) is 43.0 Å². The van der Waals surface area contributed by atoms with Crippen molar-refractivity contribution in [1.29, 1.82) is 0 Å². The van der Waals surface area contributed by atoms with Crippen LogP contribution in [0.3, 0.4) is 0 Å². The van der Waals surface area contributed by atoms with Gasteiger partial charge in [-0.2, -0.15) is 0 Å². The molecule has 7 nitrogen and oxygen atoms in total. The number of nitrogens with one attached hydrogen (secondary N) is 1. The summed E-state index contributed by atoms with van der Waals surface area (Å²) in [6.07, 6.45) is 0. The molecule has 1 fully saturated rings. The van der Waals surface area contributed by atoms with Crippen LogP contribution in [-0.2, 0) is 4.79 Å². The molecule has 30 heavy (non-hydrogen) atoms. The van der Waals surface area contributed by atoms with Crippen molar-refractivity contribution in [3.05, 3.63) is 65.5 Å². The van der Waals surface area contributed by atoms with E-state index in [-0.39, 0.29) is 18.3 Å². The molecule has 0 radical (unpaired) electrons. The van der Waals surface area contributed by atoms with E-state index in [1.165, 1.54) is 6.07 Å². The van der Waals surface area contributed by atoms with E-state index >= 15 is 0 Å². The summed E-state index contributed by atoms with van der Waals surface area (Å²) in [5.41, 5.74) is 1.29. The van der Waals surface area contributed by atoms with E-state index < -0.39 is 11.8 Å². The van der Waals surface area contributed by atoms with Gasteiger partial charge in [-0.3, -0.25) is 24.2 Å². The van der Waals surface area contributed by atoms with Crippen LogP contribution < -0.4 is 10.2 Å². The molecule has 156 valence electrons. The molecule has 0 aliphatic carbocycles. The van der Waals surface area contributed by atoms with E-state index in [9.17, 15) is 18.8 Å². The number of carbonyl (C=O) groups is 3. The van der Waals surface area contributed by atoms with Gasteiger partial charge in [0, 0.05) is 39.3 Å². The fraction of sp³-hybridized carbons (Fsp3) is 0.318. The van der Waals surface area contributed by atoms with Gasteiger partial charge in [-0.1, -0.05) is 24.3 Å². The predicted molar refractivity (Wildman–Crippen MR) is 110 cm³/mol. The molecule has 0 bridgehead atoms. The molecule has 0 spiro atoms. The SMILES string of the molecule is O=C(CN1C(=O)c2ccccc2C1=O)NCCN1CCN(c2ccccc2F)CC1. The Balaban J connectivity index is 1.20. The standard InChI is InChI=1S/C22H23FN4O3/c23-18-7-3-4-8-19(18)26-13-11-25(12-14-26)10-9-24-20(28)15-27-21(29)16-5-1-2-6-17(16)22(27)30/h1-8H,9-15H2,(H,24,28). The second-order valence-electron chi connectivity index (χ2n) is 7.37. The topological polar surface area (TPSA) is 73.0 Å². The molecular weight excluding hydrogens is 387 g/mol. The van der Waals surface area contributed by atoms with Gasteiger partial charge in [-0.15, -0.1) is 0 Å². The molecule has 2 aromatic rings. The summed E-state index contributed by atoms with van der Waals surface area (Å²) in [7, 11) is 0. The van der Waals surface area contributed by atoms with Crippen LogP contribution in [0, 0.1) is 5.82 Å². The second-order valence-corrected chi connectivity index (χ2v) is 7.37. The van der Waals surface area contributed by atoms with Crippen molar-refractivity contribution in [2.45, 2.75) is 0 Å².